The average molecular weight is 268 g/mol. The molecule has 1 atom stereocenters. The number of rotatable bonds is 3. The van der Waals surface area contributed by atoms with Crippen molar-refractivity contribution in [1.82, 2.24) is 9.88 Å². The number of aromatic nitrogens is 1. The van der Waals surface area contributed by atoms with E-state index in [1.165, 1.54) is 43.3 Å². The summed E-state index contributed by atoms with van der Waals surface area (Å²) in [7, 11) is 0. The third-order valence-electron chi connectivity index (χ3n) is 4.21. The van der Waals surface area contributed by atoms with Crippen LogP contribution in [-0.4, -0.2) is 23.0 Å². The molecule has 0 radical (unpaired) electrons. The molecule has 3 rings (SSSR count). The second kappa shape index (κ2) is 5.92. The van der Waals surface area contributed by atoms with E-state index in [4.69, 9.17) is 0 Å². The molecule has 0 aliphatic carbocycles. The SMILES string of the molecule is CC(C)CN1CCCCC1c1cnc2ccccc2c1. The van der Waals surface area contributed by atoms with Gasteiger partial charge in [-0.15, -0.1) is 0 Å². The van der Waals surface area contributed by atoms with Crippen molar-refractivity contribution < 1.29 is 0 Å². The van der Waals surface area contributed by atoms with Gasteiger partial charge in [0.2, 0.25) is 0 Å². The summed E-state index contributed by atoms with van der Waals surface area (Å²) in [6, 6.07) is 11.3. The lowest BCUT2D eigenvalue weighted by Gasteiger charge is -2.37. The number of benzene rings is 1. The van der Waals surface area contributed by atoms with Crippen molar-refractivity contribution in [2.45, 2.75) is 39.2 Å². The first-order valence-electron chi connectivity index (χ1n) is 7.83. The molecular formula is C18H24N2. The van der Waals surface area contributed by atoms with Crippen LogP contribution in [0.15, 0.2) is 36.5 Å². The van der Waals surface area contributed by atoms with Crippen molar-refractivity contribution in [2.75, 3.05) is 13.1 Å². The Morgan fingerprint density at radius 3 is 2.95 bits per heavy atom. The molecule has 20 heavy (non-hydrogen) atoms. The van der Waals surface area contributed by atoms with Gasteiger partial charge in [0.1, 0.15) is 0 Å². The number of pyridine rings is 1. The van der Waals surface area contributed by atoms with Gasteiger partial charge in [0.15, 0.2) is 0 Å². The minimum atomic E-state index is 0.559. The molecule has 2 heteroatoms. The zero-order valence-electron chi connectivity index (χ0n) is 12.5. The van der Waals surface area contributed by atoms with E-state index in [0.29, 0.717) is 6.04 Å². The quantitative estimate of drug-likeness (QED) is 0.819. The maximum Gasteiger partial charge on any atom is 0.0702 e. The molecule has 1 aromatic heterocycles. The van der Waals surface area contributed by atoms with Gasteiger partial charge >= 0.3 is 0 Å². The van der Waals surface area contributed by atoms with Crippen LogP contribution < -0.4 is 0 Å². The number of hydrogen-bond donors (Lipinski definition) is 0. The van der Waals surface area contributed by atoms with E-state index in [-0.39, 0.29) is 0 Å². The molecular weight excluding hydrogens is 244 g/mol. The molecule has 0 spiro atoms. The smallest absolute Gasteiger partial charge is 0.0702 e. The van der Waals surface area contributed by atoms with Gasteiger partial charge in [-0.05, 0) is 43.0 Å². The Labute approximate surface area is 121 Å². The molecule has 1 saturated heterocycles. The summed E-state index contributed by atoms with van der Waals surface area (Å²) in [6.45, 7) is 7.04. The highest BCUT2D eigenvalue weighted by Crippen LogP contribution is 2.32. The average Bonchev–Trinajstić information content (AvgIpc) is 2.47. The second-order valence-electron chi connectivity index (χ2n) is 6.36. The van der Waals surface area contributed by atoms with Crippen molar-refractivity contribution in [1.29, 1.82) is 0 Å². The van der Waals surface area contributed by atoms with Crippen LogP contribution >= 0.6 is 0 Å². The first-order chi connectivity index (χ1) is 9.74. The summed E-state index contributed by atoms with van der Waals surface area (Å²) in [4.78, 5) is 7.30. The molecule has 0 N–H and O–H groups in total. The van der Waals surface area contributed by atoms with E-state index in [1.54, 1.807) is 0 Å². The van der Waals surface area contributed by atoms with Gasteiger partial charge in [0, 0.05) is 24.2 Å². The molecule has 2 nitrogen and oxygen atoms in total. The van der Waals surface area contributed by atoms with Gasteiger partial charge < -0.3 is 0 Å². The van der Waals surface area contributed by atoms with E-state index in [2.05, 4.69) is 60.3 Å². The lowest BCUT2D eigenvalue weighted by atomic mass is 9.94. The summed E-state index contributed by atoms with van der Waals surface area (Å²) in [6.07, 6.45) is 6.04. The highest BCUT2D eigenvalue weighted by molar-refractivity contribution is 5.78. The molecule has 2 aromatic rings. The Morgan fingerprint density at radius 2 is 2.10 bits per heavy atom. The lowest BCUT2D eigenvalue weighted by Crippen LogP contribution is -2.36. The fourth-order valence-electron chi connectivity index (χ4n) is 3.33. The second-order valence-corrected chi connectivity index (χ2v) is 6.36. The van der Waals surface area contributed by atoms with Gasteiger partial charge in [0.05, 0.1) is 5.52 Å². The Hall–Kier alpha value is -1.41. The largest absolute Gasteiger partial charge is 0.296 e. The molecule has 1 aliphatic rings. The maximum atomic E-state index is 4.64. The third-order valence-corrected chi connectivity index (χ3v) is 4.21. The van der Waals surface area contributed by atoms with Gasteiger partial charge in [-0.2, -0.15) is 0 Å². The zero-order valence-corrected chi connectivity index (χ0v) is 12.5. The van der Waals surface area contributed by atoms with E-state index in [1.807, 2.05) is 0 Å². The predicted molar refractivity (Wildman–Crippen MR) is 84.7 cm³/mol. The van der Waals surface area contributed by atoms with E-state index < -0.39 is 0 Å². The van der Waals surface area contributed by atoms with E-state index in [9.17, 15) is 0 Å². The Balaban J connectivity index is 1.90. The summed E-state index contributed by atoms with van der Waals surface area (Å²) in [5, 5.41) is 1.26. The van der Waals surface area contributed by atoms with Crippen LogP contribution in [0.4, 0.5) is 0 Å². The molecule has 1 fully saturated rings. The Bertz CT molecular complexity index is 576. The van der Waals surface area contributed by atoms with Crippen LogP contribution in [0.1, 0.15) is 44.7 Å². The van der Waals surface area contributed by atoms with Gasteiger partial charge in [-0.1, -0.05) is 38.5 Å². The van der Waals surface area contributed by atoms with Crippen molar-refractivity contribution >= 4 is 10.9 Å². The van der Waals surface area contributed by atoms with Crippen molar-refractivity contribution in [3.8, 4) is 0 Å². The van der Waals surface area contributed by atoms with Crippen molar-refractivity contribution in [2.24, 2.45) is 5.92 Å². The maximum absolute atomic E-state index is 4.64. The van der Waals surface area contributed by atoms with Gasteiger partial charge in [-0.3, -0.25) is 9.88 Å². The number of likely N-dealkylation sites (tertiary alicyclic amines) is 1. The highest BCUT2D eigenvalue weighted by Gasteiger charge is 2.24. The summed E-state index contributed by atoms with van der Waals surface area (Å²) < 4.78 is 0. The van der Waals surface area contributed by atoms with Gasteiger partial charge in [0.25, 0.3) is 0 Å². The van der Waals surface area contributed by atoms with Gasteiger partial charge in [-0.25, -0.2) is 0 Å². The van der Waals surface area contributed by atoms with E-state index >= 15 is 0 Å². The van der Waals surface area contributed by atoms with Crippen molar-refractivity contribution in [3.05, 3.63) is 42.1 Å². The summed E-state index contributed by atoms with van der Waals surface area (Å²) >= 11 is 0. The van der Waals surface area contributed by atoms with Crippen LogP contribution in [0.25, 0.3) is 10.9 Å². The number of fused-ring (bicyclic) bond motifs is 1. The summed E-state index contributed by atoms with van der Waals surface area (Å²) in [5.74, 6) is 0.726. The van der Waals surface area contributed by atoms with Crippen LogP contribution in [0, 0.1) is 5.92 Å². The number of nitrogens with zero attached hydrogens (tertiary/aromatic N) is 2. The molecule has 0 saturated carbocycles. The lowest BCUT2D eigenvalue weighted by molar-refractivity contribution is 0.132. The molecule has 2 heterocycles. The Morgan fingerprint density at radius 1 is 1.25 bits per heavy atom. The number of piperidine rings is 1. The summed E-state index contributed by atoms with van der Waals surface area (Å²) in [5.41, 5.74) is 2.49. The monoisotopic (exact) mass is 268 g/mol. The first kappa shape index (κ1) is 13.6. The zero-order chi connectivity index (χ0) is 13.9. The van der Waals surface area contributed by atoms with Crippen LogP contribution in [-0.2, 0) is 0 Å². The molecule has 1 unspecified atom stereocenters. The van der Waals surface area contributed by atoms with Crippen molar-refractivity contribution in [3.63, 3.8) is 0 Å². The third kappa shape index (κ3) is 2.85. The fourth-order valence-corrected chi connectivity index (χ4v) is 3.33. The fraction of sp³-hybridized carbons (Fsp3) is 0.500. The number of para-hydroxylation sites is 1. The highest BCUT2D eigenvalue weighted by atomic mass is 15.2. The standard InChI is InChI=1S/C18H24N2/c1-14(2)13-20-10-6-5-9-18(20)16-11-15-7-3-4-8-17(15)19-12-16/h3-4,7-8,11-12,14,18H,5-6,9-10,13H2,1-2H3. The molecule has 106 valence electrons. The molecule has 1 aromatic carbocycles. The first-order valence-corrected chi connectivity index (χ1v) is 7.83. The Kier molecular flexibility index (Phi) is 4.02. The number of hydrogen-bond acceptors (Lipinski definition) is 2. The van der Waals surface area contributed by atoms with Crippen LogP contribution in [0.3, 0.4) is 0 Å². The minimum Gasteiger partial charge on any atom is -0.296 e. The molecule has 0 bridgehead atoms. The molecule has 0 amide bonds. The van der Waals surface area contributed by atoms with Crippen LogP contribution in [0.5, 0.6) is 0 Å². The normalized spacial score (nSPS) is 20.6. The van der Waals surface area contributed by atoms with Crippen LogP contribution in [0.2, 0.25) is 0 Å². The topological polar surface area (TPSA) is 16.1 Å². The molecule has 1 aliphatic heterocycles. The minimum absolute atomic E-state index is 0.559. The van der Waals surface area contributed by atoms with E-state index in [0.717, 1.165) is 11.4 Å². The predicted octanol–water partition coefficient (Wildman–Crippen LogP) is 4.42.